The number of carboxylic acid groups (broad SMARTS) is 1. The number of ether oxygens (including phenoxy) is 1. The lowest BCUT2D eigenvalue weighted by molar-refractivity contribution is -0.0605. The summed E-state index contributed by atoms with van der Waals surface area (Å²) in [5.41, 5.74) is -0.939. The van der Waals surface area contributed by atoms with E-state index in [9.17, 15) is 14.7 Å². The molecule has 0 saturated carbocycles. The van der Waals surface area contributed by atoms with Crippen LogP contribution in [-0.4, -0.2) is 47.4 Å². The molecule has 1 aliphatic heterocycles. The number of aliphatic hydroxyl groups is 1. The molecule has 0 unspecified atom stereocenters. The molecule has 6 heteroatoms. The van der Waals surface area contributed by atoms with Gasteiger partial charge in [-0.1, -0.05) is 12.1 Å². The molecule has 0 aliphatic carbocycles. The van der Waals surface area contributed by atoms with Crippen molar-refractivity contribution in [3.05, 3.63) is 35.4 Å². The number of rotatable bonds is 4. The molecule has 0 radical (unpaired) electrons. The van der Waals surface area contributed by atoms with Gasteiger partial charge in [-0.05, 0) is 12.1 Å². The Morgan fingerprint density at radius 3 is 2.40 bits per heavy atom. The first kappa shape index (κ1) is 14.5. The molecule has 1 amide bonds. The van der Waals surface area contributed by atoms with E-state index < -0.39 is 17.5 Å². The van der Waals surface area contributed by atoms with Crippen LogP contribution in [0.4, 0.5) is 0 Å². The van der Waals surface area contributed by atoms with Crippen LogP contribution in [-0.2, 0) is 4.74 Å². The van der Waals surface area contributed by atoms with E-state index in [1.54, 1.807) is 12.1 Å². The first-order valence-electron chi connectivity index (χ1n) is 6.42. The highest BCUT2D eigenvalue weighted by molar-refractivity contribution is 6.04. The SMILES string of the molecule is O=C(O)c1ccccc1C(=O)NCC1(O)CCOCC1. The molecule has 1 aromatic rings. The number of hydrogen-bond acceptors (Lipinski definition) is 4. The third-order valence-corrected chi connectivity index (χ3v) is 3.40. The molecule has 108 valence electrons. The van der Waals surface area contributed by atoms with Crippen molar-refractivity contribution in [2.45, 2.75) is 18.4 Å². The predicted octanol–water partition coefficient (Wildman–Crippen LogP) is 0.656. The fourth-order valence-corrected chi connectivity index (χ4v) is 2.14. The maximum atomic E-state index is 12.0. The Bertz CT molecular complexity index is 508. The van der Waals surface area contributed by atoms with Crippen LogP contribution >= 0.6 is 0 Å². The molecule has 1 saturated heterocycles. The summed E-state index contributed by atoms with van der Waals surface area (Å²) < 4.78 is 5.16. The molecule has 6 nitrogen and oxygen atoms in total. The van der Waals surface area contributed by atoms with Crippen LogP contribution < -0.4 is 5.32 Å². The Morgan fingerprint density at radius 2 is 1.80 bits per heavy atom. The summed E-state index contributed by atoms with van der Waals surface area (Å²) in [5, 5.41) is 21.9. The molecule has 1 heterocycles. The van der Waals surface area contributed by atoms with E-state index in [1.165, 1.54) is 12.1 Å². The summed E-state index contributed by atoms with van der Waals surface area (Å²) in [6.45, 7) is 0.999. The molecule has 1 aliphatic rings. The number of carbonyl (C=O) groups is 2. The molecule has 0 spiro atoms. The van der Waals surface area contributed by atoms with Crippen LogP contribution in [0.1, 0.15) is 33.6 Å². The maximum Gasteiger partial charge on any atom is 0.336 e. The van der Waals surface area contributed by atoms with Crippen molar-refractivity contribution in [3.8, 4) is 0 Å². The molecule has 3 N–H and O–H groups in total. The zero-order valence-corrected chi connectivity index (χ0v) is 11.0. The Hall–Kier alpha value is -1.92. The van der Waals surface area contributed by atoms with E-state index in [1.807, 2.05) is 0 Å². The van der Waals surface area contributed by atoms with Gasteiger partial charge in [-0.3, -0.25) is 4.79 Å². The predicted molar refractivity (Wildman–Crippen MR) is 70.7 cm³/mol. The zero-order valence-electron chi connectivity index (χ0n) is 11.0. The van der Waals surface area contributed by atoms with Gasteiger partial charge in [0.05, 0.1) is 16.7 Å². The zero-order chi connectivity index (χ0) is 14.6. The van der Waals surface area contributed by atoms with E-state index >= 15 is 0 Å². The van der Waals surface area contributed by atoms with Crippen LogP contribution in [0.25, 0.3) is 0 Å². The Morgan fingerprint density at radius 1 is 1.20 bits per heavy atom. The van der Waals surface area contributed by atoms with Crippen molar-refractivity contribution in [1.29, 1.82) is 0 Å². The van der Waals surface area contributed by atoms with Crippen LogP contribution in [0, 0.1) is 0 Å². The number of aromatic carboxylic acids is 1. The molecular formula is C14H17NO5. The quantitative estimate of drug-likeness (QED) is 0.752. The highest BCUT2D eigenvalue weighted by atomic mass is 16.5. The second-order valence-electron chi connectivity index (χ2n) is 4.87. The van der Waals surface area contributed by atoms with E-state index in [-0.39, 0.29) is 17.7 Å². The largest absolute Gasteiger partial charge is 0.478 e. The van der Waals surface area contributed by atoms with E-state index in [0.29, 0.717) is 26.1 Å². The summed E-state index contributed by atoms with van der Waals surface area (Å²) in [4.78, 5) is 23.1. The van der Waals surface area contributed by atoms with Gasteiger partial charge in [-0.25, -0.2) is 4.79 Å². The van der Waals surface area contributed by atoms with Gasteiger partial charge in [0.25, 0.3) is 5.91 Å². The molecule has 20 heavy (non-hydrogen) atoms. The van der Waals surface area contributed by atoms with Gasteiger partial charge < -0.3 is 20.3 Å². The van der Waals surface area contributed by atoms with Gasteiger partial charge in [0.15, 0.2) is 0 Å². The smallest absolute Gasteiger partial charge is 0.336 e. The summed E-state index contributed by atoms with van der Waals surface area (Å²) in [7, 11) is 0. The fraction of sp³-hybridized carbons (Fsp3) is 0.429. The van der Waals surface area contributed by atoms with Crippen LogP contribution in [0.3, 0.4) is 0 Å². The summed E-state index contributed by atoms with van der Waals surface area (Å²) in [5.74, 6) is -1.65. The van der Waals surface area contributed by atoms with Gasteiger partial charge in [0, 0.05) is 32.6 Å². The Balaban J connectivity index is 2.03. The summed E-state index contributed by atoms with van der Waals surface area (Å²) in [6, 6.07) is 5.99. The maximum absolute atomic E-state index is 12.0. The second kappa shape index (κ2) is 6.02. The Kier molecular flexibility index (Phi) is 4.36. The number of hydrogen-bond donors (Lipinski definition) is 3. The fourth-order valence-electron chi connectivity index (χ4n) is 2.14. The van der Waals surface area contributed by atoms with Crippen molar-refractivity contribution >= 4 is 11.9 Å². The minimum atomic E-state index is -1.15. The van der Waals surface area contributed by atoms with E-state index in [0.717, 1.165) is 0 Å². The molecule has 1 fully saturated rings. The number of carboxylic acids is 1. The van der Waals surface area contributed by atoms with Gasteiger partial charge in [-0.2, -0.15) is 0 Å². The van der Waals surface area contributed by atoms with Crippen molar-refractivity contribution in [3.63, 3.8) is 0 Å². The highest BCUT2D eigenvalue weighted by Gasteiger charge is 2.30. The second-order valence-corrected chi connectivity index (χ2v) is 4.87. The third-order valence-electron chi connectivity index (χ3n) is 3.40. The van der Waals surface area contributed by atoms with E-state index in [2.05, 4.69) is 5.32 Å². The minimum absolute atomic E-state index is 0.0519. The minimum Gasteiger partial charge on any atom is -0.478 e. The monoisotopic (exact) mass is 279 g/mol. The first-order chi connectivity index (χ1) is 9.52. The summed E-state index contributed by atoms with van der Waals surface area (Å²) >= 11 is 0. The highest BCUT2D eigenvalue weighted by Crippen LogP contribution is 2.19. The Labute approximate surface area is 116 Å². The number of benzene rings is 1. The van der Waals surface area contributed by atoms with Gasteiger partial charge in [0.1, 0.15) is 0 Å². The van der Waals surface area contributed by atoms with Crippen LogP contribution in [0.2, 0.25) is 0 Å². The number of amides is 1. The van der Waals surface area contributed by atoms with Gasteiger partial charge in [-0.15, -0.1) is 0 Å². The molecule has 0 aromatic heterocycles. The average Bonchev–Trinajstić information content (AvgIpc) is 2.45. The lowest BCUT2D eigenvalue weighted by Gasteiger charge is -2.32. The van der Waals surface area contributed by atoms with Crippen molar-refractivity contribution in [2.24, 2.45) is 0 Å². The van der Waals surface area contributed by atoms with Crippen LogP contribution in [0.15, 0.2) is 24.3 Å². The molecule has 2 rings (SSSR count). The topological polar surface area (TPSA) is 95.9 Å². The summed E-state index contributed by atoms with van der Waals surface area (Å²) in [6.07, 6.45) is 0.904. The molecule has 0 atom stereocenters. The van der Waals surface area contributed by atoms with Crippen LogP contribution in [0.5, 0.6) is 0 Å². The van der Waals surface area contributed by atoms with Gasteiger partial charge >= 0.3 is 5.97 Å². The standard InChI is InChI=1S/C14H17NO5/c16-12(10-3-1-2-4-11(10)13(17)18)15-9-14(19)5-7-20-8-6-14/h1-4,19H,5-9H2,(H,15,16)(H,17,18). The normalized spacial score (nSPS) is 17.4. The van der Waals surface area contributed by atoms with E-state index in [4.69, 9.17) is 9.84 Å². The lowest BCUT2D eigenvalue weighted by atomic mass is 9.94. The van der Waals surface area contributed by atoms with Crippen molar-refractivity contribution in [2.75, 3.05) is 19.8 Å². The first-order valence-corrected chi connectivity index (χ1v) is 6.42. The average molecular weight is 279 g/mol. The van der Waals surface area contributed by atoms with Crippen molar-refractivity contribution in [1.82, 2.24) is 5.32 Å². The number of nitrogens with one attached hydrogen (secondary N) is 1. The van der Waals surface area contributed by atoms with Crippen molar-refractivity contribution < 1.29 is 24.5 Å². The molecular weight excluding hydrogens is 262 g/mol. The molecule has 1 aromatic carbocycles. The molecule has 0 bridgehead atoms. The van der Waals surface area contributed by atoms with Gasteiger partial charge in [0.2, 0.25) is 0 Å². The number of carbonyl (C=O) groups excluding carboxylic acids is 1. The third kappa shape index (κ3) is 3.34. The lowest BCUT2D eigenvalue weighted by Crippen LogP contribution is -2.46.